The number of para-hydroxylation sites is 1. The monoisotopic (exact) mass is 294 g/mol. The van der Waals surface area contributed by atoms with Gasteiger partial charge in [0.1, 0.15) is 5.75 Å². The number of benzene rings is 1. The number of nitrogens with two attached hydrogens (primary N) is 1. The van der Waals surface area contributed by atoms with Crippen LogP contribution in [0.3, 0.4) is 0 Å². The number of aliphatic hydroxyl groups excluding tert-OH is 1. The summed E-state index contributed by atoms with van der Waals surface area (Å²) in [4.78, 5) is 14.1. The predicted molar refractivity (Wildman–Crippen MR) is 82.9 cm³/mol. The topological polar surface area (TPSA) is 75.8 Å². The molecule has 1 aromatic carbocycles. The van der Waals surface area contributed by atoms with Crippen LogP contribution in [0.4, 0.5) is 0 Å². The van der Waals surface area contributed by atoms with Crippen LogP contribution in [0.1, 0.15) is 25.8 Å². The normalized spacial score (nSPS) is 13.6. The summed E-state index contributed by atoms with van der Waals surface area (Å²) in [5.41, 5.74) is 6.92. The minimum Gasteiger partial charge on any atom is -0.496 e. The summed E-state index contributed by atoms with van der Waals surface area (Å²) in [6.45, 7) is 4.53. The highest BCUT2D eigenvalue weighted by atomic mass is 16.5. The zero-order valence-electron chi connectivity index (χ0n) is 13.1. The number of amides is 1. The number of hydrogen-bond acceptors (Lipinski definition) is 4. The molecule has 0 aliphatic heterocycles. The van der Waals surface area contributed by atoms with E-state index >= 15 is 0 Å². The molecule has 0 radical (unpaired) electrons. The number of carbonyl (C=O) groups is 1. The highest BCUT2D eigenvalue weighted by Crippen LogP contribution is 2.20. The Labute approximate surface area is 126 Å². The Morgan fingerprint density at radius 3 is 2.67 bits per heavy atom. The fourth-order valence-corrected chi connectivity index (χ4v) is 2.14. The molecule has 118 valence electrons. The predicted octanol–water partition coefficient (Wildman–Crippen LogP) is 1.39. The van der Waals surface area contributed by atoms with Crippen molar-refractivity contribution >= 4 is 5.91 Å². The van der Waals surface area contributed by atoms with E-state index in [0.29, 0.717) is 6.54 Å². The number of ether oxygens (including phenoxy) is 1. The molecule has 1 aromatic rings. The number of hydrogen-bond donors (Lipinski definition) is 2. The van der Waals surface area contributed by atoms with Crippen molar-refractivity contribution in [2.75, 3.05) is 20.3 Å². The highest BCUT2D eigenvalue weighted by molar-refractivity contribution is 5.82. The van der Waals surface area contributed by atoms with Gasteiger partial charge in [0.15, 0.2) is 0 Å². The lowest BCUT2D eigenvalue weighted by Crippen LogP contribution is -2.47. The van der Waals surface area contributed by atoms with Gasteiger partial charge in [0, 0.05) is 18.7 Å². The van der Waals surface area contributed by atoms with Crippen molar-refractivity contribution in [3.05, 3.63) is 29.8 Å². The molecule has 1 amide bonds. The third kappa shape index (κ3) is 4.72. The summed E-state index contributed by atoms with van der Waals surface area (Å²) in [5.74, 6) is 0.700. The van der Waals surface area contributed by atoms with E-state index in [9.17, 15) is 9.90 Å². The fourth-order valence-electron chi connectivity index (χ4n) is 2.14. The molecule has 0 aromatic heterocycles. The van der Waals surface area contributed by atoms with Gasteiger partial charge in [-0.05, 0) is 12.0 Å². The second-order valence-corrected chi connectivity index (χ2v) is 5.21. The van der Waals surface area contributed by atoms with Crippen LogP contribution >= 0.6 is 0 Å². The van der Waals surface area contributed by atoms with Gasteiger partial charge >= 0.3 is 0 Å². The van der Waals surface area contributed by atoms with Crippen molar-refractivity contribution in [3.63, 3.8) is 0 Å². The first-order valence-electron chi connectivity index (χ1n) is 7.32. The van der Waals surface area contributed by atoms with E-state index < -0.39 is 6.04 Å². The Balaban J connectivity index is 2.89. The molecular weight excluding hydrogens is 268 g/mol. The SMILES string of the molecule is CCC(C)C(N)C(=O)N(CCO)Cc1ccccc1OC. The first-order chi connectivity index (χ1) is 10.0. The molecule has 21 heavy (non-hydrogen) atoms. The summed E-state index contributed by atoms with van der Waals surface area (Å²) in [6, 6.07) is 6.99. The van der Waals surface area contributed by atoms with Gasteiger partial charge in [-0.3, -0.25) is 4.79 Å². The number of carbonyl (C=O) groups excluding carboxylic acids is 1. The van der Waals surface area contributed by atoms with Crippen LogP contribution in [-0.4, -0.2) is 42.2 Å². The van der Waals surface area contributed by atoms with E-state index in [1.54, 1.807) is 12.0 Å². The Hall–Kier alpha value is -1.59. The third-order valence-corrected chi connectivity index (χ3v) is 3.78. The number of aliphatic hydroxyl groups is 1. The number of methoxy groups -OCH3 is 1. The van der Waals surface area contributed by atoms with Crippen molar-refractivity contribution in [1.82, 2.24) is 4.90 Å². The molecule has 0 bridgehead atoms. The average Bonchev–Trinajstić information content (AvgIpc) is 2.52. The van der Waals surface area contributed by atoms with Crippen LogP contribution in [0.15, 0.2) is 24.3 Å². The van der Waals surface area contributed by atoms with Crippen LogP contribution < -0.4 is 10.5 Å². The molecule has 1 rings (SSSR count). The van der Waals surface area contributed by atoms with E-state index in [4.69, 9.17) is 10.5 Å². The summed E-state index contributed by atoms with van der Waals surface area (Å²) in [7, 11) is 1.60. The van der Waals surface area contributed by atoms with E-state index in [1.165, 1.54) is 0 Å². The van der Waals surface area contributed by atoms with Gasteiger partial charge in [0.05, 0.1) is 19.8 Å². The largest absolute Gasteiger partial charge is 0.496 e. The number of nitrogens with zero attached hydrogens (tertiary/aromatic N) is 1. The molecule has 3 N–H and O–H groups in total. The highest BCUT2D eigenvalue weighted by Gasteiger charge is 2.25. The molecule has 5 heteroatoms. The maximum atomic E-state index is 12.5. The molecule has 0 fully saturated rings. The lowest BCUT2D eigenvalue weighted by molar-refractivity contribution is -0.134. The number of rotatable bonds is 8. The van der Waals surface area contributed by atoms with Gasteiger partial charge in [-0.15, -0.1) is 0 Å². The minimum absolute atomic E-state index is 0.0892. The summed E-state index contributed by atoms with van der Waals surface area (Å²) in [5, 5.41) is 9.20. The van der Waals surface area contributed by atoms with Crippen molar-refractivity contribution in [2.24, 2.45) is 11.7 Å². The van der Waals surface area contributed by atoms with E-state index in [2.05, 4.69) is 0 Å². The van der Waals surface area contributed by atoms with E-state index in [1.807, 2.05) is 38.1 Å². The maximum absolute atomic E-state index is 12.5. The lowest BCUT2D eigenvalue weighted by atomic mass is 9.98. The Kier molecular flexibility index (Phi) is 7.19. The molecule has 0 saturated heterocycles. The molecule has 2 atom stereocenters. The molecule has 5 nitrogen and oxygen atoms in total. The smallest absolute Gasteiger partial charge is 0.240 e. The molecule has 2 unspecified atom stereocenters. The van der Waals surface area contributed by atoms with Crippen LogP contribution in [0.25, 0.3) is 0 Å². The van der Waals surface area contributed by atoms with Gasteiger partial charge in [0.25, 0.3) is 0 Å². The summed E-state index contributed by atoms with van der Waals surface area (Å²) < 4.78 is 5.30. The molecule has 0 spiro atoms. The van der Waals surface area contributed by atoms with Crippen LogP contribution in [0.2, 0.25) is 0 Å². The zero-order chi connectivity index (χ0) is 15.8. The molecular formula is C16H26N2O3. The molecule has 0 aliphatic carbocycles. The maximum Gasteiger partial charge on any atom is 0.240 e. The average molecular weight is 294 g/mol. The third-order valence-electron chi connectivity index (χ3n) is 3.78. The Morgan fingerprint density at radius 1 is 1.43 bits per heavy atom. The van der Waals surface area contributed by atoms with Crippen LogP contribution in [0.5, 0.6) is 5.75 Å². The first-order valence-corrected chi connectivity index (χ1v) is 7.32. The quantitative estimate of drug-likeness (QED) is 0.759. The van der Waals surface area contributed by atoms with Crippen molar-refractivity contribution in [3.8, 4) is 5.75 Å². The Morgan fingerprint density at radius 2 is 2.10 bits per heavy atom. The van der Waals surface area contributed by atoms with E-state index in [0.717, 1.165) is 17.7 Å². The lowest BCUT2D eigenvalue weighted by Gasteiger charge is -2.28. The van der Waals surface area contributed by atoms with E-state index in [-0.39, 0.29) is 25.0 Å². The van der Waals surface area contributed by atoms with Crippen molar-refractivity contribution < 1.29 is 14.6 Å². The van der Waals surface area contributed by atoms with Crippen molar-refractivity contribution in [1.29, 1.82) is 0 Å². The second-order valence-electron chi connectivity index (χ2n) is 5.21. The summed E-state index contributed by atoms with van der Waals surface area (Å²) in [6.07, 6.45) is 0.842. The fraction of sp³-hybridized carbons (Fsp3) is 0.562. The van der Waals surface area contributed by atoms with Crippen LogP contribution in [0, 0.1) is 5.92 Å². The minimum atomic E-state index is -0.545. The van der Waals surface area contributed by atoms with Gasteiger partial charge in [0.2, 0.25) is 5.91 Å². The molecule has 0 saturated carbocycles. The second kappa shape index (κ2) is 8.64. The van der Waals surface area contributed by atoms with Gasteiger partial charge in [-0.1, -0.05) is 38.5 Å². The first kappa shape index (κ1) is 17.5. The molecule has 0 heterocycles. The molecule has 0 aliphatic rings. The standard InChI is InChI=1S/C16H26N2O3/c1-4-12(2)15(17)16(20)18(9-10-19)11-13-7-5-6-8-14(13)21-3/h5-8,12,15,19H,4,9-11,17H2,1-3H3. The van der Waals surface area contributed by atoms with Gasteiger partial charge in [-0.2, -0.15) is 0 Å². The van der Waals surface area contributed by atoms with Crippen molar-refractivity contribution in [2.45, 2.75) is 32.9 Å². The van der Waals surface area contributed by atoms with Crippen LogP contribution in [-0.2, 0) is 11.3 Å². The zero-order valence-corrected chi connectivity index (χ0v) is 13.1. The Bertz CT molecular complexity index is 451. The van der Waals surface area contributed by atoms with Gasteiger partial charge in [-0.25, -0.2) is 0 Å². The summed E-state index contributed by atoms with van der Waals surface area (Å²) >= 11 is 0. The van der Waals surface area contributed by atoms with Gasteiger partial charge < -0.3 is 20.5 Å².